The number of unbranched alkanes of at least 4 members (excludes halogenated alkanes) is 11. The van der Waals surface area contributed by atoms with Crippen LogP contribution < -0.4 is 0 Å². The van der Waals surface area contributed by atoms with E-state index >= 15 is 0 Å². The van der Waals surface area contributed by atoms with Crippen LogP contribution in [0.1, 0.15) is 168 Å². The summed E-state index contributed by atoms with van der Waals surface area (Å²) >= 11 is 0. The average molecular weight is 757 g/mol. The first-order valence-corrected chi connectivity index (χ1v) is 24.1. The molecule has 2 aliphatic rings. The highest BCUT2D eigenvalue weighted by Crippen LogP contribution is 2.26. The third-order valence-corrected chi connectivity index (χ3v) is 13.6. The Morgan fingerprint density at radius 1 is 0.627 bits per heavy atom. The summed E-state index contributed by atoms with van der Waals surface area (Å²) in [6.45, 7) is 13.1. The molecule has 0 saturated carbocycles. The zero-order valence-corrected chi connectivity index (χ0v) is 34.9. The molecule has 0 aromatic heterocycles. The maximum atomic E-state index is 12.4. The molecule has 300 valence electrons. The molecule has 0 radical (unpaired) electrons. The number of hydrogen-bond donors (Lipinski definition) is 1. The van der Waals surface area contributed by atoms with Crippen molar-refractivity contribution in [1.29, 1.82) is 0 Å². The monoisotopic (exact) mass is 757 g/mol. The summed E-state index contributed by atoms with van der Waals surface area (Å²) < 4.78 is 11.3. The van der Waals surface area contributed by atoms with Crippen molar-refractivity contribution in [3.05, 3.63) is 0 Å². The number of carbonyl (C=O) groups excluding carboxylic acids is 2. The average Bonchev–Trinajstić information content (AvgIpc) is 3.14. The largest absolute Gasteiger partial charge is 0.466 e. The van der Waals surface area contributed by atoms with Crippen LogP contribution in [-0.2, 0) is 19.1 Å². The van der Waals surface area contributed by atoms with Gasteiger partial charge in [0.1, 0.15) is 0 Å². The maximum absolute atomic E-state index is 12.4. The first kappa shape index (κ1) is 46.7. The summed E-state index contributed by atoms with van der Waals surface area (Å²) in [7, 11) is 4.04. The second-order valence-corrected chi connectivity index (χ2v) is 18.3. The Labute approximate surface area is 322 Å². The molecule has 0 bridgehead atoms. The Hall–Kier alpha value is -0.480. The molecule has 0 amide bonds. The van der Waals surface area contributed by atoms with Gasteiger partial charge in [0.05, 0.1) is 13.2 Å². The van der Waals surface area contributed by atoms with Crippen molar-refractivity contribution in [3.8, 4) is 0 Å². The van der Waals surface area contributed by atoms with Crippen LogP contribution in [0.15, 0.2) is 0 Å². The number of esters is 2. The van der Waals surface area contributed by atoms with Gasteiger partial charge >= 0.3 is 11.9 Å². The Kier molecular flexibility index (Phi) is 30.1. The number of nitrogens with zero attached hydrogens (tertiary/aromatic N) is 2. The topological polar surface area (TPSA) is 79.3 Å². The second kappa shape index (κ2) is 32.9. The molecule has 2 rings (SSSR count). The van der Waals surface area contributed by atoms with E-state index in [4.69, 9.17) is 14.6 Å². The predicted octanol–water partition coefficient (Wildman–Crippen LogP) is 10.3. The predicted molar refractivity (Wildman–Crippen MR) is 219 cm³/mol. The van der Waals surface area contributed by atoms with Gasteiger partial charge in [-0.25, -0.2) is 0 Å². The van der Waals surface area contributed by atoms with E-state index in [1.807, 2.05) is 21.6 Å². The minimum absolute atomic E-state index is 0.0481. The molecule has 0 spiro atoms. The number of carbonyl (C=O) groups is 2. The molecule has 1 unspecified atom stereocenters. The van der Waals surface area contributed by atoms with Gasteiger partial charge in [-0.15, -0.1) is 0 Å². The number of hydrogen-bond acceptors (Lipinski definition) is 9. The van der Waals surface area contributed by atoms with Crippen LogP contribution in [0.2, 0.25) is 0 Å². The number of likely N-dealkylation sites (tertiary alicyclic amines) is 2. The zero-order valence-electron chi connectivity index (χ0n) is 33.3. The van der Waals surface area contributed by atoms with E-state index in [1.54, 1.807) is 0 Å². The van der Waals surface area contributed by atoms with Gasteiger partial charge in [-0.3, -0.25) is 9.59 Å². The Bertz CT molecular complexity index is 821. The molecule has 2 saturated heterocycles. The van der Waals surface area contributed by atoms with Crippen LogP contribution >= 0.6 is 21.6 Å². The molecule has 0 aromatic carbocycles. The van der Waals surface area contributed by atoms with Crippen LogP contribution in [0.3, 0.4) is 0 Å². The van der Waals surface area contributed by atoms with E-state index in [-0.39, 0.29) is 11.9 Å². The zero-order chi connectivity index (χ0) is 36.6. The van der Waals surface area contributed by atoms with Crippen molar-refractivity contribution in [2.24, 2.45) is 17.8 Å². The number of piperidine rings is 2. The molecule has 1 atom stereocenters. The fraction of sp³-hybridized carbons (Fsp3) is 0.952. The van der Waals surface area contributed by atoms with E-state index in [0.717, 1.165) is 44.4 Å². The fourth-order valence-corrected chi connectivity index (χ4v) is 9.66. The smallest absolute Gasteiger partial charge is 0.305 e. The lowest BCUT2D eigenvalue weighted by atomic mass is 9.94. The molecule has 2 aliphatic heterocycles. The Balaban J connectivity index is 1.39. The van der Waals surface area contributed by atoms with Crippen LogP contribution in [0.25, 0.3) is 0 Å². The SMILES string of the molecule is CCCCCCCCC(CCCCCC)COC(=O)CCCCCCC(=O)OCCC1CCN(CCSSCCN2CCC(CCO)CC2)CC1. The minimum atomic E-state index is -0.0668. The van der Waals surface area contributed by atoms with Gasteiger partial charge in [-0.05, 0) is 108 Å². The second-order valence-electron chi connectivity index (χ2n) is 15.6. The molecular formula is C42H80N2O5S2. The highest BCUT2D eigenvalue weighted by Gasteiger charge is 2.20. The van der Waals surface area contributed by atoms with Gasteiger partial charge in [0, 0.05) is 44.0 Å². The normalized spacial score (nSPS) is 17.2. The summed E-state index contributed by atoms with van der Waals surface area (Å²) in [5, 5.41) is 9.13. The number of aliphatic hydroxyl groups excluding tert-OH is 1. The van der Waals surface area contributed by atoms with Crippen LogP contribution in [0.5, 0.6) is 0 Å². The Morgan fingerprint density at radius 3 is 1.61 bits per heavy atom. The van der Waals surface area contributed by atoms with Crippen LogP contribution in [-0.4, -0.2) is 97.4 Å². The molecule has 2 heterocycles. The molecule has 9 heteroatoms. The fourth-order valence-electron chi connectivity index (χ4n) is 7.60. The van der Waals surface area contributed by atoms with E-state index in [9.17, 15) is 9.59 Å². The number of aliphatic hydroxyl groups is 1. The van der Waals surface area contributed by atoms with Crippen LogP contribution in [0, 0.1) is 17.8 Å². The number of ether oxygens (including phenoxy) is 2. The molecule has 1 N–H and O–H groups in total. The van der Waals surface area contributed by atoms with Crippen molar-refractivity contribution in [3.63, 3.8) is 0 Å². The standard InChI is InChI=1S/C42H80N2O5S2/c1-3-5-7-9-10-14-18-40(17-13-8-6-4-2)37-49-42(47)20-16-12-11-15-19-41(46)48-34-26-39-23-29-44(30-24-39)32-36-51-50-35-31-43-27-21-38(22-28-43)25-33-45/h38-40,45H,3-37H2,1-2H3. The quantitative estimate of drug-likeness (QED) is 0.0400. The van der Waals surface area contributed by atoms with Crippen molar-refractivity contribution in [2.45, 2.75) is 168 Å². The van der Waals surface area contributed by atoms with Gasteiger partial charge in [0.25, 0.3) is 0 Å². The van der Waals surface area contributed by atoms with Crippen molar-refractivity contribution >= 4 is 33.5 Å². The Morgan fingerprint density at radius 2 is 1.08 bits per heavy atom. The first-order valence-electron chi connectivity index (χ1n) is 21.6. The first-order chi connectivity index (χ1) is 25.0. The van der Waals surface area contributed by atoms with Gasteiger partial charge in [-0.2, -0.15) is 0 Å². The maximum Gasteiger partial charge on any atom is 0.305 e. The lowest BCUT2D eigenvalue weighted by molar-refractivity contribution is -0.146. The molecule has 0 aromatic rings. The lowest BCUT2D eigenvalue weighted by Gasteiger charge is -2.32. The van der Waals surface area contributed by atoms with Crippen molar-refractivity contribution in [2.75, 3.05) is 70.6 Å². The lowest BCUT2D eigenvalue weighted by Crippen LogP contribution is -2.35. The van der Waals surface area contributed by atoms with Crippen molar-refractivity contribution < 1.29 is 24.2 Å². The van der Waals surface area contributed by atoms with Gasteiger partial charge < -0.3 is 24.4 Å². The third-order valence-electron chi connectivity index (χ3n) is 11.2. The molecular weight excluding hydrogens is 677 g/mol. The highest BCUT2D eigenvalue weighted by atomic mass is 33.1. The van der Waals surface area contributed by atoms with Crippen LogP contribution in [0.4, 0.5) is 0 Å². The summed E-state index contributed by atoms with van der Waals surface area (Å²) in [4.78, 5) is 29.9. The minimum Gasteiger partial charge on any atom is -0.466 e. The van der Waals surface area contributed by atoms with Gasteiger partial charge in [0.15, 0.2) is 0 Å². The summed E-state index contributed by atoms with van der Waals surface area (Å²) in [6, 6.07) is 0. The summed E-state index contributed by atoms with van der Waals surface area (Å²) in [5.74, 6) is 4.19. The van der Waals surface area contributed by atoms with E-state index in [1.165, 1.54) is 154 Å². The van der Waals surface area contributed by atoms with E-state index < -0.39 is 0 Å². The van der Waals surface area contributed by atoms with E-state index in [0.29, 0.717) is 44.5 Å². The summed E-state index contributed by atoms with van der Waals surface area (Å²) in [6.07, 6.45) is 26.8. The van der Waals surface area contributed by atoms with Crippen molar-refractivity contribution in [1.82, 2.24) is 9.80 Å². The molecule has 51 heavy (non-hydrogen) atoms. The summed E-state index contributed by atoms with van der Waals surface area (Å²) in [5.41, 5.74) is 0. The molecule has 7 nitrogen and oxygen atoms in total. The van der Waals surface area contributed by atoms with Gasteiger partial charge in [-0.1, -0.05) is 112 Å². The highest BCUT2D eigenvalue weighted by molar-refractivity contribution is 8.76. The number of rotatable bonds is 33. The van der Waals surface area contributed by atoms with E-state index in [2.05, 4.69) is 23.6 Å². The van der Waals surface area contributed by atoms with Gasteiger partial charge in [0.2, 0.25) is 0 Å². The molecule has 0 aliphatic carbocycles. The third kappa shape index (κ3) is 26.0. The molecule has 2 fully saturated rings.